The van der Waals surface area contributed by atoms with Gasteiger partial charge in [0.05, 0.1) is 6.54 Å². The largest absolute Gasteiger partial charge is 0.377 e. The second-order valence-electron chi connectivity index (χ2n) is 6.49. The van der Waals surface area contributed by atoms with Gasteiger partial charge in [-0.1, -0.05) is 6.92 Å². The van der Waals surface area contributed by atoms with E-state index in [0.717, 1.165) is 30.8 Å². The molecule has 0 radical (unpaired) electrons. The predicted molar refractivity (Wildman–Crippen MR) is 106 cm³/mol. The van der Waals surface area contributed by atoms with E-state index >= 15 is 8.78 Å². The van der Waals surface area contributed by atoms with Gasteiger partial charge in [0, 0.05) is 35.9 Å². The van der Waals surface area contributed by atoms with E-state index in [1.54, 1.807) is 0 Å². The molecule has 2 aromatic rings. The number of halogens is 5. The second kappa shape index (κ2) is 9.53. The van der Waals surface area contributed by atoms with Crippen LogP contribution in [0.25, 0.3) is 0 Å². The molecule has 158 valence electrons. The van der Waals surface area contributed by atoms with Crippen molar-refractivity contribution in [3.63, 3.8) is 0 Å². The molecule has 1 heterocycles. The van der Waals surface area contributed by atoms with E-state index in [0.29, 0.717) is 17.1 Å². The third kappa shape index (κ3) is 5.24. The van der Waals surface area contributed by atoms with Gasteiger partial charge in [-0.25, -0.2) is 8.78 Å². The van der Waals surface area contributed by atoms with Gasteiger partial charge in [0.1, 0.15) is 23.7 Å². The fourth-order valence-electron chi connectivity index (χ4n) is 2.67. The van der Waals surface area contributed by atoms with Crippen LogP contribution < -0.4 is 5.43 Å². The number of alkyl halides is 2. The topological polar surface area (TPSA) is 60.8 Å². The Hall–Kier alpha value is -2.20. The zero-order valence-corrected chi connectivity index (χ0v) is 17.4. The van der Waals surface area contributed by atoms with Gasteiger partial charge in [-0.05, 0) is 46.6 Å². The van der Waals surface area contributed by atoms with Crippen LogP contribution in [0.1, 0.15) is 24.6 Å². The quantitative estimate of drug-likeness (QED) is 0.189. The zero-order chi connectivity index (χ0) is 21.7. The fourth-order valence-corrected chi connectivity index (χ4v) is 2.90. The van der Waals surface area contributed by atoms with Crippen molar-refractivity contribution in [1.29, 1.82) is 0 Å². The normalized spacial score (nSPS) is 14.1. The number of aromatic nitrogens is 1. The van der Waals surface area contributed by atoms with E-state index in [1.807, 2.05) is 6.92 Å². The van der Waals surface area contributed by atoms with Crippen molar-refractivity contribution < 1.29 is 22.7 Å². The maximum Gasteiger partial charge on any atom is 0.323 e. The van der Waals surface area contributed by atoms with Gasteiger partial charge in [0.2, 0.25) is 0 Å². The molecule has 2 rings (SSSR count). The average Bonchev–Trinajstić information content (AvgIpc) is 2.65. The van der Waals surface area contributed by atoms with Crippen molar-refractivity contribution in [2.75, 3.05) is 20.1 Å². The molecule has 1 aromatic carbocycles. The number of likely N-dealkylation sites (N-methyl/N-ethyl adjacent to an activating group) is 1. The van der Waals surface area contributed by atoms with E-state index in [9.17, 15) is 13.9 Å². The number of benzene rings is 1. The maximum absolute atomic E-state index is 15.4. The molecule has 0 amide bonds. The minimum Gasteiger partial charge on any atom is -0.377 e. The predicted octanol–water partition coefficient (Wildman–Crippen LogP) is 3.98. The zero-order valence-electron chi connectivity index (χ0n) is 15.8. The molecular formula is C19H21BrF4N4O. The maximum atomic E-state index is 15.4. The first-order valence-electron chi connectivity index (χ1n) is 8.76. The molecule has 0 saturated heterocycles. The number of rotatable bonds is 9. The number of pyridine rings is 1. The molecule has 2 N–H and O–H groups in total. The highest BCUT2D eigenvalue weighted by Gasteiger charge is 2.57. The van der Waals surface area contributed by atoms with Crippen molar-refractivity contribution in [3.8, 4) is 0 Å². The van der Waals surface area contributed by atoms with Crippen LogP contribution in [0.5, 0.6) is 0 Å². The lowest BCUT2D eigenvalue weighted by Gasteiger charge is -2.38. The average molecular weight is 477 g/mol. The van der Waals surface area contributed by atoms with Crippen molar-refractivity contribution >= 4 is 22.3 Å². The molecule has 29 heavy (non-hydrogen) atoms. The molecular weight excluding hydrogens is 456 g/mol. The standard InChI is InChI=1S/C19H21BrF4N4O/c1-3-8-26-27-12-28(2)11-18(29,15-6-5-14(21)9-16(15)22)19(23,24)17-7-4-13(20)10-25-17/h4-7,9-10,12,26,29H,3,8,11H2,1-2H3. The molecule has 5 nitrogen and oxygen atoms in total. The fraction of sp³-hybridized carbons (Fsp3) is 0.368. The van der Waals surface area contributed by atoms with Crippen LogP contribution in [-0.4, -0.2) is 41.5 Å². The van der Waals surface area contributed by atoms with Crippen molar-refractivity contribution in [3.05, 3.63) is 63.9 Å². The van der Waals surface area contributed by atoms with Crippen molar-refractivity contribution in [2.24, 2.45) is 5.10 Å². The smallest absolute Gasteiger partial charge is 0.323 e. The Labute approximate surface area is 174 Å². The molecule has 0 aliphatic carbocycles. The summed E-state index contributed by atoms with van der Waals surface area (Å²) in [6.45, 7) is 1.76. The number of hydrogen-bond donors (Lipinski definition) is 2. The van der Waals surface area contributed by atoms with Crippen LogP contribution in [0, 0.1) is 11.6 Å². The Balaban J connectivity index is 2.49. The lowest BCUT2D eigenvalue weighted by atomic mass is 9.84. The third-order valence-corrected chi connectivity index (χ3v) is 4.60. The molecule has 1 atom stereocenters. The third-order valence-electron chi connectivity index (χ3n) is 4.13. The summed E-state index contributed by atoms with van der Waals surface area (Å²) in [6.07, 6.45) is 3.15. The minimum atomic E-state index is -4.01. The van der Waals surface area contributed by atoms with Gasteiger partial charge in [-0.3, -0.25) is 4.98 Å². The monoisotopic (exact) mass is 476 g/mol. The second-order valence-corrected chi connectivity index (χ2v) is 7.40. The van der Waals surface area contributed by atoms with Gasteiger partial charge in [-0.15, -0.1) is 0 Å². The van der Waals surface area contributed by atoms with Gasteiger partial charge in [0.25, 0.3) is 0 Å². The first kappa shape index (κ1) is 23.1. The molecule has 1 unspecified atom stereocenters. The first-order chi connectivity index (χ1) is 13.6. The number of aliphatic hydroxyl groups is 1. The highest BCUT2D eigenvalue weighted by atomic mass is 79.9. The minimum absolute atomic E-state index is 0.447. The summed E-state index contributed by atoms with van der Waals surface area (Å²) in [5.74, 6) is -6.25. The number of nitrogens with zero attached hydrogens (tertiary/aromatic N) is 3. The van der Waals surface area contributed by atoms with Crippen LogP contribution in [0.15, 0.2) is 46.1 Å². The summed E-state index contributed by atoms with van der Waals surface area (Å²) in [4.78, 5) is 4.84. The lowest BCUT2D eigenvalue weighted by Crippen LogP contribution is -2.51. The molecule has 0 aliphatic heterocycles. The Kier molecular flexibility index (Phi) is 7.59. The van der Waals surface area contributed by atoms with Crippen LogP contribution >= 0.6 is 15.9 Å². The molecule has 0 saturated carbocycles. The van der Waals surface area contributed by atoms with Crippen molar-refractivity contribution in [2.45, 2.75) is 24.9 Å². The molecule has 0 fully saturated rings. The lowest BCUT2D eigenvalue weighted by molar-refractivity contribution is -0.202. The summed E-state index contributed by atoms with van der Waals surface area (Å²) in [7, 11) is 1.40. The van der Waals surface area contributed by atoms with E-state index in [2.05, 4.69) is 31.4 Å². The highest BCUT2D eigenvalue weighted by Crippen LogP contribution is 2.46. The number of hydrogen-bond acceptors (Lipinski definition) is 4. The van der Waals surface area contributed by atoms with Crippen LogP contribution in [0.3, 0.4) is 0 Å². The number of hydrazone groups is 1. The summed E-state index contributed by atoms with van der Waals surface area (Å²) in [6, 6.07) is 4.41. The molecule has 0 spiro atoms. The Bertz CT molecular complexity index is 851. The van der Waals surface area contributed by atoms with Crippen LogP contribution in [0.2, 0.25) is 0 Å². The molecule has 0 aliphatic rings. The van der Waals surface area contributed by atoms with Crippen LogP contribution in [0.4, 0.5) is 17.6 Å². The van der Waals surface area contributed by atoms with Gasteiger partial charge in [-0.2, -0.15) is 13.9 Å². The van der Waals surface area contributed by atoms with E-state index in [1.165, 1.54) is 24.4 Å². The number of nitrogens with one attached hydrogen (secondary N) is 1. The Morgan fingerprint density at radius 3 is 2.59 bits per heavy atom. The van der Waals surface area contributed by atoms with Crippen molar-refractivity contribution in [1.82, 2.24) is 15.3 Å². The SMILES string of the molecule is CCCNN=CN(C)CC(O)(c1ccc(F)cc1F)C(F)(F)c1ccc(Br)cn1. The first-order valence-corrected chi connectivity index (χ1v) is 9.55. The summed E-state index contributed by atoms with van der Waals surface area (Å²) in [5, 5.41) is 15.0. The summed E-state index contributed by atoms with van der Waals surface area (Å²) >= 11 is 3.10. The Morgan fingerprint density at radius 1 is 1.28 bits per heavy atom. The van der Waals surface area contributed by atoms with Gasteiger partial charge in [0.15, 0.2) is 5.60 Å². The molecule has 0 bridgehead atoms. The van der Waals surface area contributed by atoms with Gasteiger partial charge < -0.3 is 15.4 Å². The van der Waals surface area contributed by atoms with E-state index < -0.39 is 41.0 Å². The van der Waals surface area contributed by atoms with E-state index in [4.69, 9.17) is 0 Å². The molecule has 1 aromatic heterocycles. The highest BCUT2D eigenvalue weighted by molar-refractivity contribution is 9.10. The molecule has 10 heteroatoms. The Morgan fingerprint density at radius 2 is 2.00 bits per heavy atom. The van der Waals surface area contributed by atoms with Crippen LogP contribution in [-0.2, 0) is 11.5 Å². The van der Waals surface area contributed by atoms with E-state index in [-0.39, 0.29) is 0 Å². The summed E-state index contributed by atoms with van der Waals surface area (Å²) < 4.78 is 59.1. The summed E-state index contributed by atoms with van der Waals surface area (Å²) in [5.41, 5.74) is -1.87. The van der Waals surface area contributed by atoms with Gasteiger partial charge >= 0.3 is 5.92 Å².